The predicted octanol–water partition coefficient (Wildman–Crippen LogP) is 6.79. The summed E-state index contributed by atoms with van der Waals surface area (Å²) in [6.45, 7) is 1.42. The minimum atomic E-state index is -4.54. The van der Waals surface area contributed by atoms with Gasteiger partial charge in [0.2, 0.25) is 0 Å². The van der Waals surface area contributed by atoms with E-state index >= 15 is 0 Å². The van der Waals surface area contributed by atoms with Crippen molar-refractivity contribution in [3.05, 3.63) is 99.8 Å². The second kappa shape index (κ2) is 10.3. The summed E-state index contributed by atoms with van der Waals surface area (Å²) in [5.41, 5.74) is -0.504. The zero-order chi connectivity index (χ0) is 25.1. The number of halogens is 4. The van der Waals surface area contributed by atoms with E-state index in [0.717, 1.165) is 37.3 Å². The molecule has 1 aliphatic carbocycles. The molecule has 4 rings (SSSR count). The van der Waals surface area contributed by atoms with Crippen molar-refractivity contribution in [2.75, 3.05) is 0 Å². The average Bonchev–Trinajstić information content (AvgIpc) is 3.32. The van der Waals surface area contributed by atoms with E-state index in [9.17, 15) is 18.0 Å². The van der Waals surface area contributed by atoms with Gasteiger partial charge in [0.1, 0.15) is 5.54 Å². The molecule has 4 nitrogen and oxygen atoms in total. The number of hydrogen-bond acceptors (Lipinski definition) is 2. The largest absolute Gasteiger partial charge is 0.416 e. The molecule has 1 saturated carbocycles. The van der Waals surface area contributed by atoms with Crippen LogP contribution in [-0.2, 0) is 18.1 Å². The Kier molecular flexibility index (Phi) is 7.36. The smallest absolute Gasteiger partial charge is 0.335 e. The maximum Gasteiger partial charge on any atom is 0.416 e. The third-order valence-corrected chi connectivity index (χ3v) is 6.75. The van der Waals surface area contributed by atoms with Gasteiger partial charge in [-0.3, -0.25) is 4.98 Å². The van der Waals surface area contributed by atoms with Gasteiger partial charge in [-0.25, -0.2) is 4.79 Å². The molecule has 3 aromatic rings. The Morgan fingerprint density at radius 1 is 1.06 bits per heavy atom. The first-order valence-electron chi connectivity index (χ1n) is 11.6. The first-order valence-corrected chi connectivity index (χ1v) is 12.0. The van der Waals surface area contributed by atoms with Crippen LogP contribution in [0.1, 0.15) is 53.6 Å². The highest BCUT2D eigenvalue weighted by atomic mass is 35.5. The van der Waals surface area contributed by atoms with E-state index in [2.05, 4.69) is 15.6 Å². The van der Waals surface area contributed by atoms with Crippen LogP contribution in [-0.4, -0.2) is 17.1 Å². The number of nitrogens with one attached hydrogen (secondary N) is 2. The Labute approximate surface area is 207 Å². The lowest BCUT2D eigenvalue weighted by atomic mass is 9.79. The molecule has 35 heavy (non-hydrogen) atoms. The molecule has 0 radical (unpaired) electrons. The monoisotopic (exact) mass is 501 g/mol. The van der Waals surface area contributed by atoms with Crippen LogP contribution in [0.25, 0.3) is 0 Å². The molecule has 1 atom stereocenters. The van der Waals surface area contributed by atoms with Crippen molar-refractivity contribution in [2.24, 2.45) is 0 Å². The number of rotatable bonds is 6. The molecule has 0 unspecified atom stereocenters. The van der Waals surface area contributed by atoms with Crippen LogP contribution in [0.15, 0.2) is 66.9 Å². The van der Waals surface area contributed by atoms with Crippen molar-refractivity contribution in [1.82, 2.24) is 15.6 Å². The number of carbonyl (C=O) groups excluding carboxylic acids is 1. The van der Waals surface area contributed by atoms with E-state index in [4.69, 9.17) is 11.6 Å². The van der Waals surface area contributed by atoms with Gasteiger partial charge in [0.15, 0.2) is 0 Å². The van der Waals surface area contributed by atoms with E-state index < -0.39 is 23.3 Å². The van der Waals surface area contributed by atoms with Crippen LogP contribution >= 0.6 is 11.6 Å². The molecule has 1 heterocycles. The number of hydrogen-bond donors (Lipinski definition) is 2. The van der Waals surface area contributed by atoms with Gasteiger partial charge in [0, 0.05) is 18.7 Å². The second-order valence-electron chi connectivity index (χ2n) is 9.04. The minimum absolute atomic E-state index is 0.0337. The quantitative estimate of drug-likeness (QED) is 0.390. The van der Waals surface area contributed by atoms with E-state index in [1.807, 2.05) is 30.3 Å². The Balaban J connectivity index is 1.88. The van der Waals surface area contributed by atoms with E-state index in [-0.39, 0.29) is 23.6 Å². The Hall–Kier alpha value is -3.06. The SMILES string of the molecule is Cc1ccc([C@@](Cc2ccccc2)(NC(=O)NC2CCCC2)c2ccc(Cl)cn2)cc1C(F)(F)F. The lowest BCUT2D eigenvalue weighted by molar-refractivity contribution is -0.138. The molecule has 1 fully saturated rings. The molecule has 0 bridgehead atoms. The number of aryl methyl sites for hydroxylation is 1. The fraction of sp³-hybridized carbons (Fsp3) is 0.333. The molecular weight excluding hydrogens is 475 g/mol. The van der Waals surface area contributed by atoms with Crippen molar-refractivity contribution in [3.8, 4) is 0 Å². The summed E-state index contributed by atoms with van der Waals surface area (Å²) in [6, 6.07) is 16.3. The van der Waals surface area contributed by atoms with Crippen molar-refractivity contribution in [3.63, 3.8) is 0 Å². The molecule has 2 aromatic carbocycles. The number of urea groups is 1. The van der Waals surface area contributed by atoms with Crippen molar-refractivity contribution in [2.45, 2.75) is 56.8 Å². The number of alkyl halides is 3. The van der Waals surface area contributed by atoms with Gasteiger partial charge in [-0.05, 0) is 54.7 Å². The highest BCUT2D eigenvalue weighted by molar-refractivity contribution is 6.30. The summed E-state index contributed by atoms with van der Waals surface area (Å²) < 4.78 is 41.7. The fourth-order valence-electron chi connectivity index (χ4n) is 4.73. The molecule has 0 spiro atoms. The maximum absolute atomic E-state index is 13.9. The third kappa shape index (κ3) is 5.78. The van der Waals surface area contributed by atoms with Gasteiger partial charge in [-0.15, -0.1) is 0 Å². The summed E-state index contributed by atoms with van der Waals surface area (Å²) >= 11 is 6.08. The standard InChI is InChI=1S/C27H27ClF3N3O/c1-18-11-12-20(15-23(18)27(29,30)31)26(16-19-7-3-2-4-8-19,24-14-13-21(28)17-32-24)34-25(35)33-22-9-5-6-10-22/h2-4,7-8,11-15,17,22H,5-6,9-10,16H2,1H3,(H2,33,34,35)/t26-/m1/s1. The molecule has 8 heteroatoms. The molecule has 0 saturated heterocycles. The second-order valence-corrected chi connectivity index (χ2v) is 9.47. The number of amides is 2. The topological polar surface area (TPSA) is 54.0 Å². The maximum atomic E-state index is 13.9. The Bertz CT molecular complexity index is 1160. The molecule has 184 valence electrons. The lowest BCUT2D eigenvalue weighted by Crippen LogP contribution is -2.54. The number of pyridine rings is 1. The van der Waals surface area contributed by atoms with Crippen LogP contribution < -0.4 is 10.6 Å². The first-order chi connectivity index (χ1) is 16.7. The van der Waals surface area contributed by atoms with Crippen LogP contribution in [0.4, 0.5) is 18.0 Å². The van der Waals surface area contributed by atoms with Crippen LogP contribution in [0.2, 0.25) is 5.02 Å². The van der Waals surface area contributed by atoms with E-state index in [1.165, 1.54) is 19.2 Å². The molecular formula is C27H27ClF3N3O. The van der Waals surface area contributed by atoms with Gasteiger partial charge in [0.05, 0.1) is 16.3 Å². The summed E-state index contributed by atoms with van der Waals surface area (Å²) in [6.07, 6.45) is 0.907. The van der Waals surface area contributed by atoms with Gasteiger partial charge in [0.25, 0.3) is 0 Å². The molecule has 2 N–H and O–H groups in total. The van der Waals surface area contributed by atoms with Gasteiger partial charge in [-0.1, -0.05) is 66.9 Å². The van der Waals surface area contributed by atoms with Gasteiger partial charge in [-0.2, -0.15) is 13.2 Å². The highest BCUT2D eigenvalue weighted by Crippen LogP contribution is 2.38. The molecule has 1 aromatic heterocycles. The number of benzene rings is 2. The highest BCUT2D eigenvalue weighted by Gasteiger charge is 2.41. The molecule has 0 aliphatic heterocycles. The number of carbonyl (C=O) groups is 1. The van der Waals surface area contributed by atoms with Crippen LogP contribution in [0.3, 0.4) is 0 Å². The summed E-state index contributed by atoms with van der Waals surface area (Å²) in [4.78, 5) is 17.7. The molecule has 2 amide bonds. The van der Waals surface area contributed by atoms with Crippen LogP contribution in [0.5, 0.6) is 0 Å². The zero-order valence-corrected chi connectivity index (χ0v) is 20.1. The Morgan fingerprint density at radius 3 is 2.40 bits per heavy atom. The third-order valence-electron chi connectivity index (χ3n) is 6.53. The average molecular weight is 502 g/mol. The van der Waals surface area contributed by atoms with Crippen molar-refractivity contribution in [1.29, 1.82) is 0 Å². The zero-order valence-electron chi connectivity index (χ0n) is 19.3. The van der Waals surface area contributed by atoms with Crippen molar-refractivity contribution < 1.29 is 18.0 Å². The molecule has 1 aliphatic rings. The normalized spacial score (nSPS) is 16.0. The van der Waals surface area contributed by atoms with Gasteiger partial charge < -0.3 is 10.6 Å². The number of aromatic nitrogens is 1. The van der Waals surface area contributed by atoms with Crippen LogP contribution in [0, 0.1) is 6.92 Å². The fourth-order valence-corrected chi connectivity index (χ4v) is 4.84. The summed E-state index contributed by atoms with van der Waals surface area (Å²) in [5, 5.41) is 6.42. The summed E-state index contributed by atoms with van der Waals surface area (Å²) in [5.74, 6) is 0. The van der Waals surface area contributed by atoms with E-state index in [0.29, 0.717) is 10.7 Å². The Morgan fingerprint density at radius 2 is 1.77 bits per heavy atom. The first kappa shape index (κ1) is 25.0. The summed E-state index contributed by atoms with van der Waals surface area (Å²) in [7, 11) is 0. The minimum Gasteiger partial charge on any atom is -0.335 e. The van der Waals surface area contributed by atoms with Crippen molar-refractivity contribution >= 4 is 17.6 Å². The van der Waals surface area contributed by atoms with E-state index in [1.54, 1.807) is 18.2 Å². The lowest BCUT2D eigenvalue weighted by Gasteiger charge is -2.36. The predicted molar refractivity (Wildman–Crippen MR) is 130 cm³/mol. The van der Waals surface area contributed by atoms with Gasteiger partial charge >= 0.3 is 12.2 Å². The number of nitrogens with zero attached hydrogens (tertiary/aromatic N) is 1.